The van der Waals surface area contributed by atoms with Gasteiger partial charge in [-0.2, -0.15) is 18.2 Å². The van der Waals surface area contributed by atoms with Crippen LogP contribution in [0.3, 0.4) is 0 Å². The van der Waals surface area contributed by atoms with Crippen LogP contribution in [0.4, 0.5) is 13.2 Å². The highest BCUT2D eigenvalue weighted by atomic mass is 32.2. The third-order valence-corrected chi connectivity index (χ3v) is 4.49. The van der Waals surface area contributed by atoms with Gasteiger partial charge >= 0.3 is 6.18 Å². The van der Waals surface area contributed by atoms with Crippen LogP contribution in [-0.4, -0.2) is 15.2 Å². The third kappa shape index (κ3) is 4.14. The summed E-state index contributed by atoms with van der Waals surface area (Å²) in [4.78, 5) is 5.09. The molecule has 0 amide bonds. The van der Waals surface area contributed by atoms with Crippen LogP contribution in [0.1, 0.15) is 23.6 Å². The molecule has 0 aliphatic rings. The smallest absolute Gasteiger partial charge is 0.416 e. The van der Waals surface area contributed by atoms with Crippen molar-refractivity contribution in [2.24, 2.45) is 0 Å². The number of aromatic nitrogens is 2. The molecule has 1 aromatic heterocycles. The number of phenolic OH excluding ortho intramolecular Hbond substituents is 1. The van der Waals surface area contributed by atoms with Crippen LogP contribution in [0.2, 0.25) is 0 Å². The number of phenols is 1. The Morgan fingerprint density at radius 1 is 1.12 bits per heavy atom. The second kappa shape index (κ2) is 6.79. The van der Waals surface area contributed by atoms with E-state index in [4.69, 9.17) is 4.52 Å². The number of nitrogens with zero attached hydrogens (tertiary/aromatic N) is 2. The molecule has 0 saturated carbocycles. The van der Waals surface area contributed by atoms with Crippen molar-refractivity contribution in [3.05, 3.63) is 60.0 Å². The van der Waals surface area contributed by atoms with E-state index in [1.54, 1.807) is 24.3 Å². The summed E-state index contributed by atoms with van der Waals surface area (Å²) >= 11 is 1.43. The Bertz CT molecular complexity index is 863. The largest absolute Gasteiger partial charge is 0.508 e. The van der Waals surface area contributed by atoms with Crippen LogP contribution in [0.5, 0.6) is 5.75 Å². The van der Waals surface area contributed by atoms with Crippen LogP contribution < -0.4 is 0 Å². The summed E-state index contributed by atoms with van der Waals surface area (Å²) in [5.74, 6) is 0.589. The Hall–Kier alpha value is -2.48. The minimum absolute atomic E-state index is 0.110. The predicted octanol–water partition coefficient (Wildman–Crippen LogP) is 5.31. The Kier molecular flexibility index (Phi) is 4.71. The number of rotatable bonds is 4. The summed E-state index contributed by atoms with van der Waals surface area (Å²) in [7, 11) is 0. The first kappa shape index (κ1) is 17.3. The number of hydrogen-bond acceptors (Lipinski definition) is 5. The molecule has 1 N–H and O–H groups in total. The molecule has 1 heterocycles. The first-order valence-corrected chi connectivity index (χ1v) is 8.18. The molecular weight excluding hydrogens is 353 g/mol. The maximum atomic E-state index is 12.8. The number of alkyl halides is 3. The van der Waals surface area contributed by atoms with E-state index >= 15 is 0 Å². The minimum atomic E-state index is -4.43. The molecule has 0 bridgehead atoms. The zero-order chi connectivity index (χ0) is 18.0. The molecule has 8 heteroatoms. The van der Waals surface area contributed by atoms with Gasteiger partial charge in [0, 0.05) is 10.5 Å². The zero-order valence-electron chi connectivity index (χ0n) is 13.0. The number of aromatic hydroxyl groups is 1. The quantitative estimate of drug-likeness (QED) is 0.634. The van der Waals surface area contributed by atoms with Gasteiger partial charge in [0.15, 0.2) is 0 Å². The molecule has 2 aromatic carbocycles. The number of halogens is 3. The van der Waals surface area contributed by atoms with E-state index in [9.17, 15) is 18.3 Å². The fraction of sp³-hybridized carbons (Fsp3) is 0.176. The number of benzene rings is 2. The molecule has 4 nitrogen and oxygen atoms in total. The van der Waals surface area contributed by atoms with Gasteiger partial charge in [-0.15, -0.1) is 11.8 Å². The average Bonchev–Trinajstić information content (AvgIpc) is 3.06. The lowest BCUT2D eigenvalue weighted by Gasteiger charge is -2.07. The van der Waals surface area contributed by atoms with Gasteiger partial charge in [-0.05, 0) is 43.3 Å². The van der Waals surface area contributed by atoms with Crippen molar-refractivity contribution in [3.63, 3.8) is 0 Å². The Morgan fingerprint density at radius 2 is 1.84 bits per heavy atom. The molecule has 25 heavy (non-hydrogen) atoms. The summed E-state index contributed by atoms with van der Waals surface area (Å²) in [6.07, 6.45) is -4.43. The average molecular weight is 366 g/mol. The van der Waals surface area contributed by atoms with E-state index in [0.717, 1.165) is 17.0 Å². The highest BCUT2D eigenvalue weighted by Crippen LogP contribution is 2.36. The van der Waals surface area contributed by atoms with E-state index in [0.29, 0.717) is 5.89 Å². The normalized spacial score (nSPS) is 13.0. The molecule has 3 aromatic rings. The third-order valence-electron chi connectivity index (χ3n) is 3.39. The summed E-state index contributed by atoms with van der Waals surface area (Å²) in [5.41, 5.74) is -0.519. The van der Waals surface area contributed by atoms with Crippen molar-refractivity contribution in [1.82, 2.24) is 10.1 Å². The van der Waals surface area contributed by atoms with Crippen molar-refractivity contribution >= 4 is 11.8 Å². The van der Waals surface area contributed by atoms with Gasteiger partial charge in [0.05, 0.1) is 10.8 Å². The Labute approximate surface area is 145 Å². The molecule has 0 spiro atoms. The highest BCUT2D eigenvalue weighted by Gasteiger charge is 2.30. The molecule has 1 atom stereocenters. The standard InChI is InChI=1S/C17H13F3N2O2S/c1-10(25-14-7-5-13(23)6-8-14)16-21-15(22-24-16)11-3-2-4-12(9-11)17(18,19)20/h2-10,23H,1H3. The van der Waals surface area contributed by atoms with E-state index in [1.807, 2.05) is 6.92 Å². The molecule has 0 radical (unpaired) electrons. The second-order valence-electron chi connectivity index (χ2n) is 5.29. The van der Waals surface area contributed by atoms with Crippen molar-refractivity contribution in [1.29, 1.82) is 0 Å². The van der Waals surface area contributed by atoms with Gasteiger partial charge < -0.3 is 9.63 Å². The van der Waals surface area contributed by atoms with Crippen LogP contribution in [-0.2, 0) is 6.18 Å². The molecule has 1 unspecified atom stereocenters. The van der Waals surface area contributed by atoms with Crippen molar-refractivity contribution in [2.75, 3.05) is 0 Å². The van der Waals surface area contributed by atoms with Crippen LogP contribution in [0.15, 0.2) is 57.9 Å². The van der Waals surface area contributed by atoms with E-state index in [-0.39, 0.29) is 22.4 Å². The van der Waals surface area contributed by atoms with Gasteiger partial charge in [0.2, 0.25) is 11.7 Å². The molecule has 0 aliphatic heterocycles. The molecule has 0 aliphatic carbocycles. The molecule has 0 saturated heterocycles. The van der Waals surface area contributed by atoms with Crippen LogP contribution >= 0.6 is 11.8 Å². The molecular formula is C17H13F3N2O2S. The van der Waals surface area contributed by atoms with E-state index < -0.39 is 11.7 Å². The van der Waals surface area contributed by atoms with Crippen LogP contribution in [0.25, 0.3) is 11.4 Å². The Morgan fingerprint density at radius 3 is 2.52 bits per heavy atom. The van der Waals surface area contributed by atoms with Gasteiger partial charge in [0.1, 0.15) is 5.75 Å². The molecule has 130 valence electrons. The second-order valence-corrected chi connectivity index (χ2v) is 6.70. The lowest BCUT2D eigenvalue weighted by molar-refractivity contribution is -0.137. The summed E-state index contributed by atoms with van der Waals surface area (Å²) in [6.45, 7) is 1.85. The van der Waals surface area contributed by atoms with Gasteiger partial charge in [0.25, 0.3) is 0 Å². The monoisotopic (exact) mass is 366 g/mol. The first-order valence-electron chi connectivity index (χ1n) is 7.30. The molecule has 3 rings (SSSR count). The lowest BCUT2D eigenvalue weighted by Crippen LogP contribution is -2.04. The minimum Gasteiger partial charge on any atom is -0.508 e. The topological polar surface area (TPSA) is 59.2 Å². The fourth-order valence-corrected chi connectivity index (χ4v) is 3.03. The molecule has 0 fully saturated rings. The van der Waals surface area contributed by atoms with E-state index in [2.05, 4.69) is 10.1 Å². The first-order chi connectivity index (χ1) is 11.8. The summed E-state index contributed by atoms with van der Waals surface area (Å²) < 4.78 is 43.6. The SMILES string of the molecule is CC(Sc1ccc(O)cc1)c1nc(-c2cccc(C(F)(F)F)c2)no1. The Balaban J connectivity index is 1.79. The summed E-state index contributed by atoms with van der Waals surface area (Å²) in [5, 5.41) is 12.9. The van der Waals surface area contributed by atoms with Crippen molar-refractivity contribution in [2.45, 2.75) is 23.2 Å². The van der Waals surface area contributed by atoms with Gasteiger partial charge in [-0.1, -0.05) is 17.3 Å². The summed E-state index contributed by atoms with van der Waals surface area (Å²) in [6, 6.07) is 11.4. The predicted molar refractivity (Wildman–Crippen MR) is 87.1 cm³/mol. The number of thioether (sulfide) groups is 1. The van der Waals surface area contributed by atoms with Crippen molar-refractivity contribution in [3.8, 4) is 17.1 Å². The zero-order valence-corrected chi connectivity index (χ0v) is 13.8. The maximum Gasteiger partial charge on any atom is 0.416 e. The van der Waals surface area contributed by atoms with Crippen molar-refractivity contribution < 1.29 is 22.8 Å². The maximum absolute atomic E-state index is 12.8. The van der Waals surface area contributed by atoms with Gasteiger partial charge in [-0.25, -0.2) is 0 Å². The van der Waals surface area contributed by atoms with E-state index in [1.165, 1.54) is 23.9 Å². The number of hydrogen-bond donors (Lipinski definition) is 1. The van der Waals surface area contributed by atoms with Gasteiger partial charge in [-0.3, -0.25) is 0 Å². The highest BCUT2D eigenvalue weighted by molar-refractivity contribution is 7.99. The lowest BCUT2D eigenvalue weighted by atomic mass is 10.1. The fourth-order valence-electron chi connectivity index (χ4n) is 2.13. The van der Waals surface area contributed by atoms with Crippen LogP contribution in [0, 0.1) is 0 Å².